The number of benzene rings is 1. The molecule has 0 aliphatic heterocycles. The van der Waals surface area contributed by atoms with Gasteiger partial charge in [0, 0.05) is 21.4 Å². The van der Waals surface area contributed by atoms with E-state index in [0.29, 0.717) is 12.1 Å². The highest BCUT2D eigenvalue weighted by Gasteiger charge is 2.16. The second kappa shape index (κ2) is 6.16. The molecule has 0 spiro atoms. The molecular formula is C15H19BrN2S. The highest BCUT2D eigenvalue weighted by atomic mass is 79.9. The van der Waals surface area contributed by atoms with Crippen molar-refractivity contribution in [2.24, 2.45) is 0 Å². The molecule has 0 radical (unpaired) electrons. The van der Waals surface area contributed by atoms with E-state index in [1.807, 2.05) is 6.07 Å². The van der Waals surface area contributed by atoms with E-state index in [1.54, 1.807) is 11.3 Å². The fourth-order valence-corrected chi connectivity index (χ4v) is 3.88. The minimum Gasteiger partial charge on any atom is -0.303 e. The van der Waals surface area contributed by atoms with E-state index in [1.165, 1.54) is 10.4 Å². The Morgan fingerprint density at radius 3 is 2.42 bits per heavy atom. The van der Waals surface area contributed by atoms with Gasteiger partial charge in [0.1, 0.15) is 0 Å². The van der Waals surface area contributed by atoms with Crippen molar-refractivity contribution in [3.8, 4) is 0 Å². The van der Waals surface area contributed by atoms with E-state index in [2.05, 4.69) is 72.1 Å². The predicted octanol–water partition coefficient (Wildman–Crippen LogP) is 4.93. The lowest BCUT2D eigenvalue weighted by Crippen LogP contribution is -2.22. The minimum atomic E-state index is 0.299. The van der Waals surface area contributed by atoms with Crippen LogP contribution in [0.15, 0.2) is 28.7 Å². The van der Waals surface area contributed by atoms with Crippen LogP contribution >= 0.6 is 27.3 Å². The van der Waals surface area contributed by atoms with Crippen LogP contribution in [0.4, 0.5) is 0 Å². The zero-order chi connectivity index (χ0) is 14.0. The zero-order valence-corrected chi connectivity index (χ0v) is 14.1. The van der Waals surface area contributed by atoms with Crippen LogP contribution in [0.5, 0.6) is 0 Å². The lowest BCUT2D eigenvalue weighted by atomic mass is 10.1. The van der Waals surface area contributed by atoms with Crippen LogP contribution in [0.3, 0.4) is 0 Å². The summed E-state index contributed by atoms with van der Waals surface area (Å²) < 4.78 is 1.15. The Balaban J connectivity index is 2.13. The fourth-order valence-electron chi connectivity index (χ4n) is 2.32. The summed E-state index contributed by atoms with van der Waals surface area (Å²) in [5.41, 5.74) is 2.43. The predicted molar refractivity (Wildman–Crippen MR) is 85.7 cm³/mol. The van der Waals surface area contributed by atoms with E-state index in [0.717, 1.165) is 15.2 Å². The number of hydrogen-bond donors (Lipinski definition) is 1. The number of nitrogens with zero attached hydrogens (tertiary/aromatic N) is 1. The molecular weight excluding hydrogens is 320 g/mol. The van der Waals surface area contributed by atoms with Crippen LogP contribution in [0.2, 0.25) is 0 Å². The van der Waals surface area contributed by atoms with E-state index in [4.69, 9.17) is 0 Å². The monoisotopic (exact) mass is 338 g/mol. The van der Waals surface area contributed by atoms with E-state index < -0.39 is 0 Å². The molecule has 0 aliphatic rings. The van der Waals surface area contributed by atoms with Crippen LogP contribution in [0, 0.1) is 13.8 Å². The van der Waals surface area contributed by atoms with Crippen LogP contribution in [0.1, 0.15) is 47.1 Å². The third-order valence-electron chi connectivity index (χ3n) is 3.20. The van der Waals surface area contributed by atoms with E-state index in [-0.39, 0.29) is 0 Å². The van der Waals surface area contributed by atoms with Gasteiger partial charge < -0.3 is 5.32 Å². The van der Waals surface area contributed by atoms with Crippen LogP contribution in [-0.2, 0) is 0 Å². The maximum atomic E-state index is 4.50. The van der Waals surface area contributed by atoms with Gasteiger partial charge in [0.2, 0.25) is 0 Å². The van der Waals surface area contributed by atoms with Gasteiger partial charge in [0.15, 0.2) is 0 Å². The smallest absolute Gasteiger partial charge is 0.0900 e. The number of rotatable bonds is 4. The molecule has 19 heavy (non-hydrogen) atoms. The van der Waals surface area contributed by atoms with Gasteiger partial charge in [0.05, 0.1) is 10.7 Å². The lowest BCUT2D eigenvalue weighted by molar-refractivity contribution is 0.497. The molecule has 1 heterocycles. The molecule has 2 aromatic rings. The first-order chi connectivity index (χ1) is 8.99. The maximum Gasteiger partial charge on any atom is 0.0900 e. The van der Waals surface area contributed by atoms with Crippen molar-refractivity contribution < 1.29 is 0 Å². The molecule has 1 aromatic heterocycles. The average Bonchev–Trinajstić information content (AvgIpc) is 2.69. The van der Waals surface area contributed by atoms with Gasteiger partial charge in [-0.15, -0.1) is 11.3 Å². The molecule has 2 atom stereocenters. The third-order valence-corrected chi connectivity index (χ3v) is 5.18. The summed E-state index contributed by atoms with van der Waals surface area (Å²) in [7, 11) is 0. The number of thiazole rings is 1. The van der Waals surface area contributed by atoms with E-state index >= 15 is 0 Å². The van der Waals surface area contributed by atoms with Crippen molar-refractivity contribution in [3.63, 3.8) is 0 Å². The lowest BCUT2D eigenvalue weighted by Gasteiger charge is -2.21. The molecule has 0 bridgehead atoms. The molecule has 102 valence electrons. The van der Waals surface area contributed by atoms with Crippen molar-refractivity contribution in [3.05, 3.63) is 49.9 Å². The Morgan fingerprint density at radius 1 is 1.16 bits per heavy atom. The summed E-state index contributed by atoms with van der Waals surface area (Å²) in [6.07, 6.45) is 0. The number of nitrogens with one attached hydrogen (secondary N) is 1. The summed E-state index contributed by atoms with van der Waals surface area (Å²) in [4.78, 5) is 5.83. The number of hydrogen-bond acceptors (Lipinski definition) is 3. The van der Waals surface area contributed by atoms with Crippen molar-refractivity contribution in [1.29, 1.82) is 0 Å². The molecule has 1 aromatic carbocycles. The van der Waals surface area contributed by atoms with Gasteiger partial charge in [-0.25, -0.2) is 4.98 Å². The Labute approximate surface area is 127 Å². The Morgan fingerprint density at radius 2 is 1.84 bits per heavy atom. The second-order valence-corrected chi connectivity index (χ2v) is 6.90. The molecule has 2 rings (SSSR count). The van der Waals surface area contributed by atoms with E-state index in [9.17, 15) is 0 Å². The molecule has 1 unspecified atom stereocenters. The summed E-state index contributed by atoms with van der Waals surface area (Å²) in [5, 5.41) is 4.78. The number of aryl methyl sites for hydroxylation is 2. The molecule has 0 amide bonds. The van der Waals surface area contributed by atoms with Gasteiger partial charge in [-0.1, -0.05) is 34.1 Å². The van der Waals surface area contributed by atoms with Gasteiger partial charge in [-0.3, -0.25) is 0 Å². The largest absolute Gasteiger partial charge is 0.303 e. The van der Waals surface area contributed by atoms with Crippen molar-refractivity contribution in [2.45, 2.75) is 39.8 Å². The van der Waals surface area contributed by atoms with Crippen LogP contribution < -0.4 is 5.32 Å². The first-order valence-corrected chi connectivity index (χ1v) is 8.04. The molecule has 0 fully saturated rings. The number of halogens is 1. The van der Waals surface area contributed by atoms with Crippen molar-refractivity contribution in [1.82, 2.24) is 10.3 Å². The summed E-state index contributed by atoms with van der Waals surface area (Å²) >= 11 is 5.39. The Hall–Kier alpha value is -0.710. The molecule has 0 aliphatic carbocycles. The molecule has 0 saturated carbocycles. The number of aromatic nitrogens is 1. The Bertz CT molecular complexity index is 565. The minimum absolute atomic E-state index is 0.299. The summed E-state index contributed by atoms with van der Waals surface area (Å²) in [6, 6.07) is 8.96. The zero-order valence-electron chi connectivity index (χ0n) is 11.7. The molecule has 0 saturated heterocycles. The highest BCUT2D eigenvalue weighted by Crippen LogP contribution is 2.29. The van der Waals surface area contributed by atoms with Gasteiger partial charge in [0.25, 0.3) is 0 Å². The first-order valence-electron chi connectivity index (χ1n) is 6.43. The van der Waals surface area contributed by atoms with Crippen molar-refractivity contribution in [2.75, 3.05) is 0 Å². The summed E-state index contributed by atoms with van der Waals surface area (Å²) in [5.74, 6) is 0. The average molecular weight is 339 g/mol. The van der Waals surface area contributed by atoms with Crippen LogP contribution in [-0.4, -0.2) is 4.98 Å². The first kappa shape index (κ1) is 14.7. The molecule has 2 nitrogen and oxygen atoms in total. The van der Waals surface area contributed by atoms with Gasteiger partial charge >= 0.3 is 0 Å². The second-order valence-electron chi connectivity index (χ2n) is 4.81. The third kappa shape index (κ3) is 3.44. The van der Waals surface area contributed by atoms with Crippen LogP contribution in [0.25, 0.3) is 0 Å². The quantitative estimate of drug-likeness (QED) is 0.854. The van der Waals surface area contributed by atoms with Gasteiger partial charge in [-0.05, 0) is 39.3 Å². The summed E-state index contributed by atoms with van der Waals surface area (Å²) in [6.45, 7) is 8.54. The highest BCUT2D eigenvalue weighted by molar-refractivity contribution is 9.10. The maximum absolute atomic E-state index is 4.50. The molecule has 4 heteroatoms. The Kier molecular flexibility index (Phi) is 4.76. The van der Waals surface area contributed by atoms with Gasteiger partial charge in [-0.2, -0.15) is 0 Å². The SMILES string of the molecule is Cc1nc(C)c(C(C)N[C@H](C)c2ccccc2Br)s1. The fraction of sp³-hybridized carbons (Fsp3) is 0.400. The topological polar surface area (TPSA) is 24.9 Å². The normalized spacial score (nSPS) is 14.4. The molecule has 1 N–H and O–H groups in total. The standard InChI is InChI=1S/C15H19BrN2S/c1-9(13-7-5-6-8-14(13)16)17-10(2)15-11(3)18-12(4)19-15/h5-10,17H,1-4H3/t9-,10?/m1/s1. The van der Waals surface area contributed by atoms with Crippen molar-refractivity contribution >= 4 is 27.3 Å².